The highest BCUT2D eigenvalue weighted by Crippen LogP contribution is 2.26. The Morgan fingerprint density at radius 2 is 1.75 bits per heavy atom. The van der Waals surface area contributed by atoms with E-state index in [2.05, 4.69) is 38.0 Å². The van der Waals surface area contributed by atoms with Crippen molar-refractivity contribution in [2.45, 2.75) is 52.4 Å². The van der Waals surface area contributed by atoms with Crippen molar-refractivity contribution in [3.05, 3.63) is 87.2 Å². The van der Waals surface area contributed by atoms with Crippen LogP contribution in [0.4, 0.5) is 0 Å². The first-order valence-corrected chi connectivity index (χ1v) is 11.4. The Morgan fingerprint density at radius 3 is 2.41 bits per heavy atom. The van der Waals surface area contributed by atoms with Crippen molar-refractivity contribution < 1.29 is 9.53 Å². The summed E-state index contributed by atoms with van der Waals surface area (Å²) in [6, 6.07) is 15.6. The summed E-state index contributed by atoms with van der Waals surface area (Å²) in [5.74, 6) is 0.0630. The maximum Gasteiger partial charge on any atom is 0.254 e. The molecule has 1 aliphatic rings. The van der Waals surface area contributed by atoms with E-state index in [1.165, 1.54) is 11.3 Å². The summed E-state index contributed by atoms with van der Waals surface area (Å²) < 4.78 is 7.85. The predicted octanol–water partition coefficient (Wildman–Crippen LogP) is 5.29. The minimum atomic E-state index is 0.0630. The monoisotopic (exact) mass is 451 g/mol. The topological polar surface area (TPSA) is 47.4 Å². The fourth-order valence-electron chi connectivity index (χ4n) is 4.10. The van der Waals surface area contributed by atoms with Crippen LogP contribution in [0.3, 0.4) is 0 Å². The molecular formula is C26H30ClN3O2. The van der Waals surface area contributed by atoms with Gasteiger partial charge in [-0.2, -0.15) is 5.10 Å². The van der Waals surface area contributed by atoms with Crippen LogP contribution in [0.25, 0.3) is 0 Å². The summed E-state index contributed by atoms with van der Waals surface area (Å²) in [6.07, 6.45) is 0.793. The standard InChI is InChI=1S/C26H30ClN3O2/c1-26(2,3)20-9-7-19(8-10-20)25(31)30-14-13-24-22(15-30)23(28-29(24)4)17-32-16-18-5-11-21(27)12-6-18/h5-12H,13-17H2,1-4H3. The number of hydrogen-bond acceptors (Lipinski definition) is 3. The highest BCUT2D eigenvalue weighted by Gasteiger charge is 2.27. The molecule has 6 heteroatoms. The van der Waals surface area contributed by atoms with Gasteiger partial charge in [0.25, 0.3) is 5.91 Å². The van der Waals surface area contributed by atoms with E-state index in [1.807, 2.05) is 53.0 Å². The number of benzene rings is 2. The molecule has 0 fully saturated rings. The van der Waals surface area contributed by atoms with Gasteiger partial charge in [0.15, 0.2) is 0 Å². The number of carbonyl (C=O) groups is 1. The van der Waals surface area contributed by atoms with Gasteiger partial charge in [0, 0.05) is 48.4 Å². The smallest absolute Gasteiger partial charge is 0.254 e. The molecule has 0 saturated carbocycles. The van der Waals surface area contributed by atoms with Gasteiger partial charge in [-0.1, -0.05) is 56.6 Å². The number of nitrogens with zero attached hydrogens (tertiary/aromatic N) is 3. The fraction of sp³-hybridized carbons (Fsp3) is 0.385. The Hall–Kier alpha value is -2.63. The van der Waals surface area contributed by atoms with Crippen LogP contribution in [0.15, 0.2) is 48.5 Å². The predicted molar refractivity (Wildman–Crippen MR) is 127 cm³/mol. The average Bonchev–Trinajstić information content (AvgIpc) is 3.09. The van der Waals surface area contributed by atoms with Gasteiger partial charge in [-0.25, -0.2) is 0 Å². The van der Waals surface area contributed by atoms with E-state index in [9.17, 15) is 4.79 Å². The molecule has 0 atom stereocenters. The maximum absolute atomic E-state index is 13.2. The van der Waals surface area contributed by atoms with Crippen molar-refractivity contribution in [2.75, 3.05) is 6.54 Å². The molecule has 1 aromatic heterocycles. The molecule has 1 amide bonds. The Bertz CT molecular complexity index is 1100. The van der Waals surface area contributed by atoms with Gasteiger partial charge in [-0.05, 0) is 40.8 Å². The van der Waals surface area contributed by atoms with E-state index in [0.717, 1.165) is 28.8 Å². The first-order valence-electron chi connectivity index (χ1n) is 11.0. The number of amides is 1. The lowest BCUT2D eigenvalue weighted by Gasteiger charge is -2.28. The van der Waals surface area contributed by atoms with Crippen molar-refractivity contribution in [3.8, 4) is 0 Å². The lowest BCUT2D eigenvalue weighted by Crippen LogP contribution is -2.36. The lowest BCUT2D eigenvalue weighted by molar-refractivity contribution is 0.0728. The molecule has 0 unspecified atom stereocenters. The first-order chi connectivity index (χ1) is 15.2. The number of halogens is 1. The van der Waals surface area contributed by atoms with Crippen molar-refractivity contribution in [1.29, 1.82) is 0 Å². The third-order valence-corrected chi connectivity index (χ3v) is 6.28. The molecule has 0 spiro atoms. The van der Waals surface area contributed by atoms with Gasteiger partial charge in [-0.15, -0.1) is 0 Å². The van der Waals surface area contributed by atoms with Crippen LogP contribution < -0.4 is 0 Å². The second-order valence-electron chi connectivity index (χ2n) is 9.42. The number of aryl methyl sites for hydroxylation is 1. The van der Waals surface area contributed by atoms with Crippen molar-refractivity contribution in [2.24, 2.45) is 7.05 Å². The van der Waals surface area contributed by atoms with E-state index in [1.54, 1.807) is 0 Å². The molecule has 32 heavy (non-hydrogen) atoms. The Labute approximate surface area is 194 Å². The number of rotatable bonds is 5. The maximum atomic E-state index is 13.2. The molecule has 1 aliphatic heterocycles. The zero-order valence-electron chi connectivity index (χ0n) is 19.2. The average molecular weight is 452 g/mol. The highest BCUT2D eigenvalue weighted by atomic mass is 35.5. The second-order valence-corrected chi connectivity index (χ2v) is 9.86. The molecule has 0 aliphatic carbocycles. The third kappa shape index (κ3) is 4.89. The number of hydrogen-bond donors (Lipinski definition) is 0. The zero-order chi connectivity index (χ0) is 22.9. The quantitative estimate of drug-likeness (QED) is 0.529. The SMILES string of the molecule is Cn1nc(COCc2ccc(Cl)cc2)c2c1CCN(C(=O)c1ccc(C(C)(C)C)cc1)C2. The number of ether oxygens (including phenoxy) is 1. The number of aromatic nitrogens is 2. The van der Waals surface area contributed by atoms with Gasteiger partial charge in [0.2, 0.25) is 0 Å². The van der Waals surface area contributed by atoms with Crippen LogP contribution in [0.2, 0.25) is 5.02 Å². The van der Waals surface area contributed by atoms with Crippen LogP contribution in [0, 0.1) is 0 Å². The van der Waals surface area contributed by atoms with Gasteiger partial charge in [0.05, 0.1) is 18.9 Å². The van der Waals surface area contributed by atoms with E-state index < -0.39 is 0 Å². The normalized spacial score (nSPS) is 13.8. The molecule has 5 nitrogen and oxygen atoms in total. The van der Waals surface area contributed by atoms with E-state index >= 15 is 0 Å². The van der Waals surface area contributed by atoms with Crippen LogP contribution in [-0.4, -0.2) is 27.1 Å². The number of fused-ring (bicyclic) bond motifs is 1. The lowest BCUT2D eigenvalue weighted by atomic mass is 9.86. The van der Waals surface area contributed by atoms with E-state index in [0.29, 0.717) is 31.3 Å². The minimum Gasteiger partial charge on any atom is -0.370 e. The molecule has 168 valence electrons. The molecule has 0 saturated heterocycles. The van der Waals surface area contributed by atoms with Gasteiger partial charge in [0.1, 0.15) is 0 Å². The van der Waals surface area contributed by atoms with Crippen LogP contribution in [0.1, 0.15) is 59.2 Å². The largest absolute Gasteiger partial charge is 0.370 e. The van der Waals surface area contributed by atoms with Crippen molar-refractivity contribution in [3.63, 3.8) is 0 Å². The Kier molecular flexibility index (Phi) is 6.40. The molecule has 0 N–H and O–H groups in total. The third-order valence-electron chi connectivity index (χ3n) is 6.03. The summed E-state index contributed by atoms with van der Waals surface area (Å²) in [4.78, 5) is 15.1. The fourth-order valence-corrected chi connectivity index (χ4v) is 4.23. The molecule has 3 aromatic rings. The van der Waals surface area contributed by atoms with Crippen LogP contribution in [-0.2, 0) is 43.4 Å². The molecule has 2 aromatic carbocycles. The van der Waals surface area contributed by atoms with Gasteiger partial charge < -0.3 is 9.64 Å². The molecule has 2 heterocycles. The van der Waals surface area contributed by atoms with Gasteiger partial charge >= 0.3 is 0 Å². The molecule has 0 radical (unpaired) electrons. The molecule has 4 rings (SSSR count). The first kappa shape index (κ1) is 22.6. The van der Waals surface area contributed by atoms with E-state index in [4.69, 9.17) is 16.3 Å². The van der Waals surface area contributed by atoms with Crippen LogP contribution in [0.5, 0.6) is 0 Å². The number of carbonyl (C=O) groups excluding carboxylic acids is 1. The zero-order valence-corrected chi connectivity index (χ0v) is 19.9. The summed E-state index contributed by atoms with van der Waals surface area (Å²) in [5, 5.41) is 5.39. The summed E-state index contributed by atoms with van der Waals surface area (Å²) in [5.41, 5.74) is 6.27. The minimum absolute atomic E-state index is 0.0630. The van der Waals surface area contributed by atoms with Gasteiger partial charge in [-0.3, -0.25) is 9.48 Å². The van der Waals surface area contributed by atoms with Crippen LogP contribution >= 0.6 is 11.6 Å². The van der Waals surface area contributed by atoms with E-state index in [-0.39, 0.29) is 11.3 Å². The molecule has 0 bridgehead atoms. The summed E-state index contributed by atoms with van der Waals surface area (Å²) in [7, 11) is 1.96. The molecular weight excluding hydrogens is 422 g/mol. The Balaban J connectivity index is 1.44. The summed E-state index contributed by atoms with van der Waals surface area (Å²) in [6.45, 7) is 8.68. The van der Waals surface area contributed by atoms with Crippen molar-refractivity contribution in [1.82, 2.24) is 14.7 Å². The van der Waals surface area contributed by atoms with Crippen molar-refractivity contribution >= 4 is 17.5 Å². The highest BCUT2D eigenvalue weighted by molar-refractivity contribution is 6.30. The summed E-state index contributed by atoms with van der Waals surface area (Å²) >= 11 is 5.95. The Morgan fingerprint density at radius 1 is 1.06 bits per heavy atom. The second kappa shape index (κ2) is 9.08.